The average molecular weight is 467 g/mol. The van der Waals surface area contributed by atoms with Crippen molar-refractivity contribution in [1.29, 1.82) is 0 Å². The van der Waals surface area contributed by atoms with Crippen molar-refractivity contribution < 1.29 is 14.6 Å². The van der Waals surface area contributed by atoms with E-state index in [4.69, 9.17) is 4.74 Å². The lowest BCUT2D eigenvalue weighted by Gasteiger charge is -2.33. The van der Waals surface area contributed by atoms with Crippen LogP contribution in [0.5, 0.6) is 0 Å². The Balaban J connectivity index is 1.09. The van der Waals surface area contributed by atoms with Crippen LogP contribution in [-0.4, -0.2) is 37.4 Å². The van der Waals surface area contributed by atoms with Gasteiger partial charge in [0.1, 0.15) is 6.61 Å². The molecule has 1 heterocycles. The lowest BCUT2D eigenvalue weighted by Crippen LogP contribution is -2.39. The minimum atomic E-state index is -0.746. The molecule has 1 saturated heterocycles. The van der Waals surface area contributed by atoms with E-state index in [1.165, 1.54) is 22.3 Å². The van der Waals surface area contributed by atoms with Gasteiger partial charge in [-0.25, -0.2) is 4.79 Å². The summed E-state index contributed by atoms with van der Waals surface area (Å²) in [5, 5.41) is 16.9. The Morgan fingerprint density at radius 3 is 2.26 bits per heavy atom. The van der Waals surface area contributed by atoms with E-state index < -0.39 is 11.7 Å². The van der Waals surface area contributed by atoms with Gasteiger partial charge in [-0.05, 0) is 65.9 Å². The summed E-state index contributed by atoms with van der Waals surface area (Å²) in [6, 6.07) is 24.4. The fourth-order valence-electron chi connectivity index (χ4n) is 5.03. The molecule has 178 valence electrons. The first kappa shape index (κ1) is 23.2. The van der Waals surface area contributed by atoms with Gasteiger partial charge in [0.2, 0.25) is 0 Å². The summed E-state index contributed by atoms with van der Waals surface area (Å²) >= 11 is 0. The summed E-state index contributed by atoms with van der Waals surface area (Å²) in [4.78, 5) is 12.3. The fourth-order valence-corrected chi connectivity index (χ4v) is 5.03. The van der Waals surface area contributed by atoms with Crippen molar-refractivity contribution in [3.05, 3.63) is 95.1 Å². The topological polar surface area (TPSA) is 70.6 Å². The molecule has 0 bridgehead atoms. The molecular formula is C30H30N2O3. The number of benzene rings is 3. The molecule has 0 radical (unpaired) electrons. The molecule has 5 nitrogen and oxygen atoms in total. The Labute approximate surface area is 206 Å². The van der Waals surface area contributed by atoms with Gasteiger partial charge in [0.25, 0.3) is 0 Å². The third-order valence-electron chi connectivity index (χ3n) is 6.95. The van der Waals surface area contributed by atoms with E-state index >= 15 is 0 Å². The third-order valence-corrected chi connectivity index (χ3v) is 6.95. The maximum absolute atomic E-state index is 12.3. The van der Waals surface area contributed by atoms with Crippen molar-refractivity contribution in [2.75, 3.05) is 26.2 Å². The van der Waals surface area contributed by atoms with Crippen molar-refractivity contribution in [3.63, 3.8) is 0 Å². The van der Waals surface area contributed by atoms with Gasteiger partial charge in [0, 0.05) is 24.4 Å². The van der Waals surface area contributed by atoms with Crippen LogP contribution in [0.1, 0.15) is 47.4 Å². The zero-order valence-corrected chi connectivity index (χ0v) is 19.7. The lowest BCUT2D eigenvalue weighted by molar-refractivity contribution is 0.00594. The number of hydrogen-bond donors (Lipinski definition) is 3. The zero-order valence-electron chi connectivity index (χ0n) is 19.7. The number of fused-ring (bicyclic) bond motifs is 3. The van der Waals surface area contributed by atoms with Gasteiger partial charge in [-0.3, -0.25) is 0 Å². The molecule has 3 N–H and O–H groups in total. The number of nitrogens with one attached hydrogen (secondary N) is 2. The second-order valence-electron chi connectivity index (χ2n) is 9.16. The molecule has 0 saturated carbocycles. The van der Waals surface area contributed by atoms with Gasteiger partial charge in [-0.2, -0.15) is 0 Å². The molecule has 1 fully saturated rings. The smallest absolute Gasteiger partial charge is 0.407 e. The maximum atomic E-state index is 12.3. The Kier molecular flexibility index (Phi) is 6.85. The second kappa shape index (κ2) is 10.4. The summed E-state index contributed by atoms with van der Waals surface area (Å²) in [6.45, 7) is 2.39. The van der Waals surface area contributed by atoms with Crippen LogP contribution in [0.25, 0.3) is 11.1 Å². The van der Waals surface area contributed by atoms with Crippen molar-refractivity contribution in [2.24, 2.45) is 0 Å². The van der Waals surface area contributed by atoms with E-state index in [2.05, 4.69) is 46.7 Å². The minimum absolute atomic E-state index is 0.0545. The van der Waals surface area contributed by atoms with E-state index in [0.29, 0.717) is 19.6 Å². The molecule has 3 aromatic rings. The van der Waals surface area contributed by atoms with E-state index in [-0.39, 0.29) is 5.92 Å². The van der Waals surface area contributed by atoms with Crippen molar-refractivity contribution in [2.45, 2.75) is 30.8 Å². The first-order valence-electron chi connectivity index (χ1n) is 12.3. The summed E-state index contributed by atoms with van der Waals surface area (Å²) in [5.41, 5.74) is 5.92. The van der Waals surface area contributed by atoms with Gasteiger partial charge in [-0.15, -0.1) is 0 Å². The maximum Gasteiger partial charge on any atom is 0.407 e. The number of amides is 1. The number of ether oxygens (including phenoxy) is 1. The number of hydrogen-bond acceptors (Lipinski definition) is 4. The summed E-state index contributed by atoms with van der Waals surface area (Å²) in [5.74, 6) is 6.27. The summed E-state index contributed by atoms with van der Waals surface area (Å²) < 4.78 is 5.56. The van der Waals surface area contributed by atoms with E-state index in [1.54, 1.807) is 0 Å². The quantitative estimate of drug-likeness (QED) is 0.382. The first-order chi connectivity index (χ1) is 17.1. The highest BCUT2D eigenvalue weighted by atomic mass is 16.5. The monoisotopic (exact) mass is 466 g/mol. The predicted molar refractivity (Wildman–Crippen MR) is 137 cm³/mol. The lowest BCUT2D eigenvalue weighted by atomic mass is 9.85. The molecule has 0 spiro atoms. The van der Waals surface area contributed by atoms with Crippen LogP contribution in [0.3, 0.4) is 0 Å². The number of rotatable bonds is 5. The molecule has 5 heteroatoms. The molecule has 0 atom stereocenters. The third kappa shape index (κ3) is 5.09. The highest BCUT2D eigenvalue weighted by Gasteiger charge is 2.31. The highest BCUT2D eigenvalue weighted by molar-refractivity contribution is 5.79. The van der Waals surface area contributed by atoms with E-state index in [1.807, 2.05) is 48.5 Å². The van der Waals surface area contributed by atoms with Crippen LogP contribution in [0.2, 0.25) is 0 Å². The van der Waals surface area contributed by atoms with Gasteiger partial charge >= 0.3 is 6.09 Å². The highest BCUT2D eigenvalue weighted by Crippen LogP contribution is 2.44. The molecule has 1 amide bonds. The number of carbonyl (C=O) groups excluding carboxylic acids is 1. The van der Waals surface area contributed by atoms with Crippen molar-refractivity contribution in [3.8, 4) is 23.0 Å². The van der Waals surface area contributed by atoms with Crippen molar-refractivity contribution in [1.82, 2.24) is 10.6 Å². The molecule has 0 unspecified atom stereocenters. The minimum Gasteiger partial charge on any atom is -0.449 e. The second-order valence-corrected chi connectivity index (χ2v) is 9.16. The molecular weight excluding hydrogens is 436 g/mol. The number of aliphatic hydroxyl groups is 1. The summed E-state index contributed by atoms with van der Waals surface area (Å²) in [7, 11) is 0. The standard InChI is InChI=1S/C30H30N2O3/c33-29(35-21-28-26-10-3-1-8-24(26)25-9-2-4-11-27(25)28)32-18-6-5-7-22-12-14-23(15-13-22)30(34)16-19-31-20-17-30/h1-4,8-15,28,31,34H,6,16-21H2,(H,32,33). The molecule has 1 aliphatic heterocycles. The largest absolute Gasteiger partial charge is 0.449 e. The molecule has 3 aromatic carbocycles. The predicted octanol–water partition coefficient (Wildman–Crippen LogP) is 4.54. The molecule has 1 aliphatic carbocycles. The number of carbonyl (C=O) groups is 1. The van der Waals surface area contributed by atoms with E-state index in [0.717, 1.165) is 37.1 Å². The fraction of sp³-hybridized carbons (Fsp3) is 0.300. The molecule has 5 rings (SSSR count). The average Bonchev–Trinajstić information content (AvgIpc) is 3.22. The Morgan fingerprint density at radius 2 is 1.60 bits per heavy atom. The van der Waals surface area contributed by atoms with Crippen LogP contribution >= 0.6 is 0 Å². The Hall–Kier alpha value is -3.59. The SMILES string of the molecule is O=C(NCCC#Cc1ccc(C2(O)CCNCC2)cc1)OCC1c2ccccc2-c2ccccc21. The van der Waals surface area contributed by atoms with Gasteiger partial charge in [-0.1, -0.05) is 72.5 Å². The zero-order chi connectivity index (χ0) is 24.1. The van der Waals surface area contributed by atoms with Crippen LogP contribution in [0.15, 0.2) is 72.8 Å². The van der Waals surface area contributed by atoms with Gasteiger partial charge in [0.15, 0.2) is 0 Å². The van der Waals surface area contributed by atoms with Crippen LogP contribution in [0.4, 0.5) is 4.79 Å². The summed E-state index contributed by atoms with van der Waals surface area (Å²) in [6.07, 6.45) is 1.55. The molecule has 0 aromatic heterocycles. The number of piperidine rings is 1. The Morgan fingerprint density at radius 1 is 0.971 bits per heavy atom. The Bertz CT molecular complexity index is 1200. The van der Waals surface area contributed by atoms with Crippen molar-refractivity contribution >= 4 is 6.09 Å². The number of alkyl carbamates (subject to hydrolysis) is 1. The van der Waals surface area contributed by atoms with E-state index in [9.17, 15) is 9.90 Å². The van der Waals surface area contributed by atoms with Crippen LogP contribution < -0.4 is 10.6 Å². The normalized spacial score (nSPS) is 15.9. The van der Waals surface area contributed by atoms with Crippen LogP contribution in [0, 0.1) is 11.8 Å². The van der Waals surface area contributed by atoms with Gasteiger partial charge in [0.05, 0.1) is 5.60 Å². The van der Waals surface area contributed by atoms with Gasteiger partial charge < -0.3 is 20.5 Å². The molecule has 35 heavy (non-hydrogen) atoms. The first-order valence-corrected chi connectivity index (χ1v) is 12.3. The van der Waals surface area contributed by atoms with Crippen LogP contribution in [-0.2, 0) is 10.3 Å². The molecule has 2 aliphatic rings.